The van der Waals surface area contributed by atoms with Crippen molar-refractivity contribution >= 4 is 10.1 Å². The molecule has 8 nitrogen and oxygen atoms in total. The average Bonchev–Trinajstić information content (AvgIpc) is 2.94. The predicted octanol–water partition coefficient (Wildman–Crippen LogP) is 4.33. The number of aliphatic hydroxyl groups excluding tert-OH is 1. The summed E-state index contributed by atoms with van der Waals surface area (Å²) >= 11 is 0. The molecule has 0 unspecified atom stereocenters. The highest BCUT2D eigenvalue weighted by atomic mass is 32.2. The lowest BCUT2D eigenvalue weighted by molar-refractivity contribution is -0.302. The normalized spacial score (nSPS) is 23.6. The van der Waals surface area contributed by atoms with Crippen LogP contribution in [0.25, 0.3) is 0 Å². The second-order valence-corrected chi connectivity index (χ2v) is 10.6. The first-order chi connectivity index (χ1) is 19.1. The molecule has 1 aliphatic heterocycles. The van der Waals surface area contributed by atoms with Gasteiger partial charge in [0, 0.05) is 0 Å². The molecular weight excluding hydrogens is 553 g/mol. The molecule has 0 spiro atoms. The number of rotatable bonds is 12. The van der Waals surface area contributed by atoms with Crippen LogP contribution in [-0.2, 0) is 53.1 Å². The van der Waals surface area contributed by atoms with Gasteiger partial charge in [0.05, 0.1) is 26.4 Å². The molecule has 40 heavy (non-hydrogen) atoms. The highest BCUT2D eigenvalue weighted by molar-refractivity contribution is 7.87. The molecule has 3 aromatic carbocycles. The van der Waals surface area contributed by atoms with Crippen molar-refractivity contribution in [3.63, 3.8) is 0 Å². The van der Waals surface area contributed by atoms with Crippen LogP contribution in [0.5, 0.6) is 0 Å². The van der Waals surface area contributed by atoms with Gasteiger partial charge in [-0.2, -0.15) is 21.6 Å². The third-order valence-electron chi connectivity index (χ3n) is 6.09. The summed E-state index contributed by atoms with van der Waals surface area (Å²) in [5.74, 6) is 0. The van der Waals surface area contributed by atoms with Crippen molar-refractivity contribution in [1.82, 2.24) is 0 Å². The zero-order chi connectivity index (χ0) is 28.6. The largest absolute Gasteiger partial charge is 0.523 e. The molecule has 5 atom stereocenters. The Hall–Kier alpha value is -2.84. The number of halogens is 3. The molecule has 12 heteroatoms. The van der Waals surface area contributed by atoms with E-state index in [2.05, 4.69) is 4.18 Å². The molecular formula is C28H29F3O8S. The fourth-order valence-electron chi connectivity index (χ4n) is 4.12. The monoisotopic (exact) mass is 582 g/mol. The predicted molar refractivity (Wildman–Crippen MR) is 137 cm³/mol. The minimum atomic E-state index is -6.11. The van der Waals surface area contributed by atoms with Crippen molar-refractivity contribution < 1.29 is 49.8 Å². The van der Waals surface area contributed by atoms with Crippen molar-refractivity contribution in [3.05, 3.63) is 108 Å². The fourth-order valence-corrected chi connectivity index (χ4v) is 4.73. The van der Waals surface area contributed by atoms with Gasteiger partial charge in [0.25, 0.3) is 0 Å². The standard InChI is InChI=1S/C28H29F3O8S/c29-28(30,31)40(33,34)39-26-25(37-18-22-14-8-3-9-15-22)24(36-17-21-12-6-2-7-13-21)23(38-27(26)32)19-35-16-20-10-4-1-5-11-20/h1-15,23-27,32H,16-19H2/t23-,24-,25+,26-,27+/m1/s1. The van der Waals surface area contributed by atoms with Crippen molar-refractivity contribution in [2.45, 2.75) is 56.0 Å². The van der Waals surface area contributed by atoms with Crippen LogP contribution in [-0.4, -0.2) is 56.3 Å². The first-order valence-corrected chi connectivity index (χ1v) is 13.8. The van der Waals surface area contributed by atoms with Gasteiger partial charge in [-0.15, -0.1) is 0 Å². The molecule has 1 heterocycles. The molecule has 1 aliphatic rings. The molecule has 1 saturated heterocycles. The summed E-state index contributed by atoms with van der Waals surface area (Å²) in [5, 5.41) is 10.7. The summed E-state index contributed by atoms with van der Waals surface area (Å²) in [6.45, 7) is -0.105. The Morgan fingerprint density at radius 2 is 1.15 bits per heavy atom. The van der Waals surface area contributed by atoms with Gasteiger partial charge in [0.2, 0.25) is 0 Å². The van der Waals surface area contributed by atoms with Crippen LogP contribution in [0.1, 0.15) is 16.7 Å². The minimum absolute atomic E-state index is 0.00984. The van der Waals surface area contributed by atoms with Crippen LogP contribution in [0, 0.1) is 0 Å². The summed E-state index contributed by atoms with van der Waals surface area (Å²) in [6, 6.07) is 26.8. The number of alkyl halides is 3. The lowest BCUT2D eigenvalue weighted by Gasteiger charge is -2.44. The van der Waals surface area contributed by atoms with Gasteiger partial charge in [0.1, 0.15) is 18.3 Å². The Labute approximate surface area is 230 Å². The molecule has 0 radical (unpaired) electrons. The maximum atomic E-state index is 13.2. The van der Waals surface area contributed by atoms with Crippen LogP contribution in [0.2, 0.25) is 0 Å². The third-order valence-corrected chi connectivity index (χ3v) is 7.14. The van der Waals surface area contributed by atoms with Gasteiger partial charge in [-0.3, -0.25) is 4.18 Å². The van der Waals surface area contributed by atoms with Crippen molar-refractivity contribution in [1.29, 1.82) is 0 Å². The number of benzene rings is 3. The van der Waals surface area contributed by atoms with Gasteiger partial charge in [-0.1, -0.05) is 91.0 Å². The molecule has 0 bridgehead atoms. The Morgan fingerprint density at radius 3 is 1.62 bits per heavy atom. The van der Waals surface area contributed by atoms with Crippen molar-refractivity contribution in [2.75, 3.05) is 6.61 Å². The van der Waals surface area contributed by atoms with E-state index in [9.17, 15) is 26.7 Å². The van der Waals surface area contributed by atoms with E-state index in [-0.39, 0.29) is 26.4 Å². The quantitative estimate of drug-likeness (QED) is 0.249. The van der Waals surface area contributed by atoms with Crippen LogP contribution in [0.15, 0.2) is 91.0 Å². The lowest BCUT2D eigenvalue weighted by Crippen LogP contribution is -2.62. The molecule has 0 amide bonds. The zero-order valence-electron chi connectivity index (χ0n) is 21.2. The van der Waals surface area contributed by atoms with Gasteiger partial charge < -0.3 is 24.1 Å². The lowest BCUT2D eigenvalue weighted by atomic mass is 9.98. The number of aliphatic hydroxyl groups is 1. The molecule has 1 fully saturated rings. The molecule has 3 aromatic rings. The Bertz CT molecular complexity index is 1280. The average molecular weight is 583 g/mol. The molecule has 0 aliphatic carbocycles. The second-order valence-electron chi connectivity index (χ2n) is 9.05. The summed E-state index contributed by atoms with van der Waals surface area (Å²) in [4.78, 5) is 0. The van der Waals surface area contributed by atoms with Gasteiger partial charge in [0.15, 0.2) is 12.4 Å². The van der Waals surface area contributed by atoms with E-state index in [1.54, 1.807) is 60.7 Å². The fraction of sp³-hybridized carbons (Fsp3) is 0.357. The maximum absolute atomic E-state index is 13.2. The Morgan fingerprint density at radius 1 is 0.700 bits per heavy atom. The van der Waals surface area contributed by atoms with Crippen molar-refractivity contribution in [2.24, 2.45) is 0 Å². The van der Waals surface area contributed by atoms with Crippen LogP contribution in [0.3, 0.4) is 0 Å². The van der Waals surface area contributed by atoms with E-state index in [1.807, 2.05) is 30.3 Å². The van der Waals surface area contributed by atoms with E-state index in [1.165, 1.54) is 0 Å². The van der Waals surface area contributed by atoms with E-state index in [0.29, 0.717) is 5.56 Å². The first kappa shape index (κ1) is 30.1. The summed E-state index contributed by atoms with van der Waals surface area (Å²) in [5.41, 5.74) is -3.48. The summed E-state index contributed by atoms with van der Waals surface area (Å²) in [7, 11) is -6.11. The van der Waals surface area contributed by atoms with E-state index < -0.39 is 46.3 Å². The van der Waals surface area contributed by atoms with Gasteiger partial charge in [-0.25, -0.2) is 0 Å². The van der Waals surface area contributed by atoms with E-state index >= 15 is 0 Å². The highest BCUT2D eigenvalue weighted by Crippen LogP contribution is 2.34. The highest BCUT2D eigenvalue weighted by Gasteiger charge is 2.55. The second kappa shape index (κ2) is 13.7. The molecule has 4 rings (SSSR count). The van der Waals surface area contributed by atoms with Crippen LogP contribution >= 0.6 is 0 Å². The van der Waals surface area contributed by atoms with E-state index in [4.69, 9.17) is 18.9 Å². The van der Waals surface area contributed by atoms with E-state index in [0.717, 1.165) is 11.1 Å². The van der Waals surface area contributed by atoms with Crippen molar-refractivity contribution in [3.8, 4) is 0 Å². The number of ether oxygens (including phenoxy) is 4. The third kappa shape index (κ3) is 8.10. The molecule has 0 aromatic heterocycles. The zero-order valence-corrected chi connectivity index (χ0v) is 22.0. The minimum Gasteiger partial charge on any atom is -0.374 e. The van der Waals surface area contributed by atoms with Crippen LogP contribution < -0.4 is 0 Å². The Kier molecular flexibility index (Phi) is 10.3. The van der Waals surface area contributed by atoms with Gasteiger partial charge in [-0.05, 0) is 16.7 Å². The number of hydrogen-bond donors (Lipinski definition) is 1. The summed E-state index contributed by atoms with van der Waals surface area (Å²) < 4.78 is 91.4. The molecule has 0 saturated carbocycles. The first-order valence-electron chi connectivity index (χ1n) is 12.4. The van der Waals surface area contributed by atoms with Crippen LogP contribution in [0.4, 0.5) is 13.2 Å². The summed E-state index contributed by atoms with van der Waals surface area (Å²) in [6.07, 6.45) is -7.90. The maximum Gasteiger partial charge on any atom is 0.523 e. The van der Waals surface area contributed by atoms with Gasteiger partial charge >= 0.3 is 15.6 Å². The smallest absolute Gasteiger partial charge is 0.374 e. The molecule has 1 N–H and O–H groups in total. The SMILES string of the molecule is O=S(=O)(O[C@@H]1[C@@H](OCc2ccccc2)[C@H](OCc2ccccc2)[C@@H](COCc2ccccc2)O[C@@H]1O)C(F)(F)F. The Balaban J connectivity index is 1.61. The number of hydrogen-bond acceptors (Lipinski definition) is 8. The molecule has 216 valence electrons. The topological polar surface area (TPSA) is 101 Å².